The molecular formula is C16H23BrO2. The fourth-order valence-electron chi connectivity index (χ4n) is 2.00. The molecule has 0 aliphatic carbocycles. The van der Waals surface area contributed by atoms with Crippen LogP contribution >= 0.6 is 15.9 Å². The lowest BCUT2D eigenvalue weighted by molar-refractivity contribution is -0.140. The molecular weight excluding hydrogens is 304 g/mol. The Balaban J connectivity index is 2.25. The van der Waals surface area contributed by atoms with Crippen LogP contribution < -0.4 is 0 Å². The maximum Gasteiger partial charge on any atom is 0.305 e. The van der Waals surface area contributed by atoms with Crippen LogP contribution in [0.15, 0.2) is 24.3 Å². The second-order valence-electron chi connectivity index (χ2n) is 4.75. The molecule has 1 aromatic carbocycles. The Kier molecular flexibility index (Phi) is 8.55. The van der Waals surface area contributed by atoms with Crippen molar-refractivity contribution in [1.82, 2.24) is 0 Å². The number of halogens is 1. The van der Waals surface area contributed by atoms with Crippen molar-refractivity contribution in [1.29, 1.82) is 0 Å². The van der Waals surface area contributed by atoms with Crippen LogP contribution in [0.5, 0.6) is 0 Å². The Morgan fingerprint density at radius 3 is 2.16 bits per heavy atom. The van der Waals surface area contributed by atoms with Gasteiger partial charge < -0.3 is 4.74 Å². The molecule has 106 valence electrons. The molecule has 0 radical (unpaired) electrons. The van der Waals surface area contributed by atoms with Crippen LogP contribution in [-0.4, -0.2) is 18.4 Å². The topological polar surface area (TPSA) is 26.3 Å². The van der Waals surface area contributed by atoms with Gasteiger partial charge in [-0.15, -0.1) is 0 Å². The minimum Gasteiger partial charge on any atom is -0.469 e. The third-order valence-corrected chi connectivity index (χ3v) is 3.78. The van der Waals surface area contributed by atoms with Crippen molar-refractivity contribution in [3.05, 3.63) is 35.4 Å². The molecule has 0 aliphatic rings. The molecule has 0 aliphatic heterocycles. The highest BCUT2D eigenvalue weighted by Gasteiger charge is 2.01. The van der Waals surface area contributed by atoms with Crippen molar-refractivity contribution in [2.75, 3.05) is 12.4 Å². The number of unbranched alkanes of at least 4 members (excludes halogenated alkanes) is 3. The summed E-state index contributed by atoms with van der Waals surface area (Å²) in [5.41, 5.74) is 2.59. The van der Waals surface area contributed by atoms with Crippen molar-refractivity contribution < 1.29 is 9.53 Å². The summed E-state index contributed by atoms with van der Waals surface area (Å²) in [6.45, 7) is 0. The first kappa shape index (κ1) is 16.2. The van der Waals surface area contributed by atoms with Crippen LogP contribution in [-0.2, 0) is 22.4 Å². The van der Waals surface area contributed by atoms with Crippen LogP contribution in [0.25, 0.3) is 0 Å². The number of carbonyl (C=O) groups excluding carboxylic acids is 1. The van der Waals surface area contributed by atoms with Gasteiger partial charge >= 0.3 is 5.97 Å². The Morgan fingerprint density at radius 2 is 1.58 bits per heavy atom. The summed E-state index contributed by atoms with van der Waals surface area (Å²) >= 11 is 3.45. The number of aryl methyl sites for hydroxylation is 2. The van der Waals surface area contributed by atoms with Crippen molar-refractivity contribution in [2.45, 2.75) is 44.9 Å². The first-order valence-corrected chi connectivity index (χ1v) is 8.09. The molecule has 2 nitrogen and oxygen atoms in total. The number of esters is 1. The zero-order chi connectivity index (χ0) is 13.9. The lowest BCUT2D eigenvalue weighted by Crippen LogP contribution is -2.01. The summed E-state index contributed by atoms with van der Waals surface area (Å²) in [4.78, 5) is 11.1. The molecule has 0 fully saturated rings. The molecule has 0 saturated heterocycles. The van der Waals surface area contributed by atoms with Crippen molar-refractivity contribution in [3.63, 3.8) is 0 Å². The van der Waals surface area contributed by atoms with Gasteiger partial charge in [-0.3, -0.25) is 4.79 Å². The SMILES string of the molecule is COC(=O)CCc1ccc(CCCCCCBr)cc1. The van der Waals surface area contributed by atoms with Crippen LogP contribution in [0.1, 0.15) is 43.2 Å². The van der Waals surface area contributed by atoms with E-state index in [1.165, 1.54) is 43.9 Å². The number of hydrogen-bond acceptors (Lipinski definition) is 2. The average Bonchev–Trinajstić information content (AvgIpc) is 2.45. The van der Waals surface area contributed by atoms with E-state index in [4.69, 9.17) is 0 Å². The standard InChI is InChI=1S/C16H23BrO2/c1-19-16(18)12-11-15-9-7-14(8-10-15)6-4-2-3-5-13-17/h7-10H,2-6,11-13H2,1H3. The third-order valence-electron chi connectivity index (χ3n) is 3.22. The summed E-state index contributed by atoms with van der Waals surface area (Å²) < 4.78 is 4.64. The summed E-state index contributed by atoms with van der Waals surface area (Å²) in [5, 5.41) is 1.11. The highest BCUT2D eigenvalue weighted by Crippen LogP contribution is 2.11. The van der Waals surface area contributed by atoms with Crippen molar-refractivity contribution in [3.8, 4) is 0 Å². The number of carbonyl (C=O) groups is 1. The van der Waals surface area contributed by atoms with Gasteiger partial charge in [0.1, 0.15) is 0 Å². The van der Waals surface area contributed by atoms with Gasteiger partial charge in [-0.1, -0.05) is 53.0 Å². The van der Waals surface area contributed by atoms with E-state index in [1.54, 1.807) is 0 Å². The molecule has 0 heterocycles. The average molecular weight is 327 g/mol. The number of benzene rings is 1. The number of alkyl halides is 1. The lowest BCUT2D eigenvalue weighted by atomic mass is 10.0. The second-order valence-corrected chi connectivity index (χ2v) is 5.54. The van der Waals surface area contributed by atoms with E-state index in [2.05, 4.69) is 44.9 Å². The van der Waals surface area contributed by atoms with Crippen LogP contribution in [0.2, 0.25) is 0 Å². The molecule has 0 spiro atoms. The minimum atomic E-state index is -0.143. The normalized spacial score (nSPS) is 10.4. The van der Waals surface area contributed by atoms with Gasteiger partial charge in [0, 0.05) is 11.8 Å². The lowest BCUT2D eigenvalue weighted by Gasteiger charge is -2.04. The quantitative estimate of drug-likeness (QED) is 0.384. The van der Waals surface area contributed by atoms with E-state index in [0.717, 1.165) is 18.2 Å². The van der Waals surface area contributed by atoms with Crippen molar-refractivity contribution in [2.24, 2.45) is 0 Å². The van der Waals surface area contributed by atoms with Crippen LogP contribution in [0.4, 0.5) is 0 Å². The fourth-order valence-corrected chi connectivity index (χ4v) is 2.39. The van der Waals surface area contributed by atoms with E-state index in [-0.39, 0.29) is 5.97 Å². The Morgan fingerprint density at radius 1 is 1.00 bits per heavy atom. The van der Waals surface area contributed by atoms with E-state index in [9.17, 15) is 4.79 Å². The highest BCUT2D eigenvalue weighted by atomic mass is 79.9. The summed E-state index contributed by atoms with van der Waals surface area (Å²) in [6.07, 6.45) is 7.51. The number of methoxy groups -OCH3 is 1. The zero-order valence-electron chi connectivity index (χ0n) is 11.7. The predicted molar refractivity (Wildman–Crippen MR) is 82.7 cm³/mol. The Labute approximate surface area is 124 Å². The minimum absolute atomic E-state index is 0.143. The first-order valence-electron chi connectivity index (χ1n) is 6.97. The summed E-state index contributed by atoms with van der Waals surface area (Å²) in [6, 6.07) is 8.60. The maximum absolute atomic E-state index is 11.1. The monoisotopic (exact) mass is 326 g/mol. The van der Waals surface area contributed by atoms with Gasteiger partial charge in [0.15, 0.2) is 0 Å². The number of ether oxygens (including phenoxy) is 1. The molecule has 1 aromatic rings. The molecule has 1 rings (SSSR count). The van der Waals surface area contributed by atoms with Gasteiger partial charge in [-0.25, -0.2) is 0 Å². The molecule has 0 unspecified atom stereocenters. The number of hydrogen-bond donors (Lipinski definition) is 0. The van der Waals surface area contributed by atoms with Gasteiger partial charge in [-0.2, -0.15) is 0 Å². The van der Waals surface area contributed by atoms with Crippen LogP contribution in [0.3, 0.4) is 0 Å². The molecule has 0 saturated carbocycles. The fraction of sp³-hybridized carbons (Fsp3) is 0.562. The van der Waals surface area contributed by atoms with Gasteiger partial charge in [0.2, 0.25) is 0 Å². The van der Waals surface area contributed by atoms with Gasteiger partial charge in [-0.05, 0) is 36.8 Å². The second kappa shape index (κ2) is 10.0. The molecule has 0 N–H and O–H groups in total. The van der Waals surface area contributed by atoms with Gasteiger partial charge in [0.05, 0.1) is 7.11 Å². The smallest absolute Gasteiger partial charge is 0.305 e. The maximum atomic E-state index is 11.1. The highest BCUT2D eigenvalue weighted by molar-refractivity contribution is 9.09. The predicted octanol–water partition coefficient (Wildman–Crippen LogP) is 4.29. The van der Waals surface area contributed by atoms with E-state index in [0.29, 0.717) is 6.42 Å². The molecule has 0 amide bonds. The van der Waals surface area contributed by atoms with Gasteiger partial charge in [0.25, 0.3) is 0 Å². The summed E-state index contributed by atoms with van der Waals surface area (Å²) in [7, 11) is 1.43. The number of rotatable bonds is 9. The molecule has 0 atom stereocenters. The third kappa shape index (κ3) is 7.36. The van der Waals surface area contributed by atoms with Crippen molar-refractivity contribution >= 4 is 21.9 Å². The molecule has 0 bridgehead atoms. The van der Waals surface area contributed by atoms with E-state index >= 15 is 0 Å². The zero-order valence-corrected chi connectivity index (χ0v) is 13.2. The van der Waals surface area contributed by atoms with E-state index < -0.39 is 0 Å². The Bertz CT molecular complexity index is 360. The first-order chi connectivity index (χ1) is 9.26. The van der Waals surface area contributed by atoms with Crippen LogP contribution in [0, 0.1) is 0 Å². The largest absolute Gasteiger partial charge is 0.469 e. The molecule has 3 heteroatoms. The summed E-state index contributed by atoms with van der Waals surface area (Å²) in [5.74, 6) is -0.143. The molecule has 0 aromatic heterocycles. The molecule has 19 heavy (non-hydrogen) atoms. The van der Waals surface area contributed by atoms with E-state index in [1.807, 2.05) is 0 Å². The Hall–Kier alpha value is -0.830.